The number of hydrogen-bond acceptors (Lipinski definition) is 3. The van der Waals surface area contributed by atoms with Crippen LogP contribution >= 0.6 is 0 Å². The topological polar surface area (TPSA) is 66.1 Å². The van der Waals surface area contributed by atoms with E-state index in [0.717, 1.165) is 12.8 Å². The van der Waals surface area contributed by atoms with Crippen molar-refractivity contribution in [3.8, 4) is 0 Å². The van der Waals surface area contributed by atoms with Crippen molar-refractivity contribution in [2.45, 2.75) is 38.8 Å². The molecule has 1 aromatic heterocycles. The van der Waals surface area contributed by atoms with Gasteiger partial charge in [0.05, 0.1) is 17.5 Å². The molecule has 0 bridgehead atoms. The highest BCUT2D eigenvalue weighted by Crippen LogP contribution is 2.44. The third-order valence-corrected chi connectivity index (χ3v) is 4.25. The first kappa shape index (κ1) is 14.1. The van der Waals surface area contributed by atoms with Crippen LogP contribution in [0.15, 0.2) is 0 Å². The van der Waals surface area contributed by atoms with E-state index in [0.29, 0.717) is 17.7 Å². The Balaban J connectivity index is 2.07. The Morgan fingerprint density at radius 3 is 2.14 bits per heavy atom. The number of nitrogens with zero attached hydrogens (tertiary/aromatic N) is 2. The van der Waals surface area contributed by atoms with Crippen LogP contribution in [0.5, 0.6) is 0 Å². The van der Waals surface area contributed by atoms with E-state index in [1.54, 1.807) is 0 Å². The number of aromatic nitrogens is 2. The maximum Gasteiger partial charge on any atom is 0.437 e. The molecular formula is C13H14F3N3O2. The maximum atomic E-state index is 13.0. The Kier molecular flexibility index (Phi) is 3.07. The summed E-state index contributed by atoms with van der Waals surface area (Å²) in [5.41, 5.74) is -1.57. The van der Waals surface area contributed by atoms with Gasteiger partial charge in [-0.2, -0.15) is 18.3 Å². The van der Waals surface area contributed by atoms with E-state index in [-0.39, 0.29) is 5.69 Å². The molecule has 1 aromatic rings. The molecule has 0 radical (unpaired) electrons. The number of carbonyl (C=O) groups is 2. The summed E-state index contributed by atoms with van der Waals surface area (Å²) < 4.78 is 39.0. The van der Waals surface area contributed by atoms with Crippen LogP contribution in [0.1, 0.15) is 37.1 Å². The number of H-pyrrole nitrogens is 1. The lowest BCUT2D eigenvalue weighted by atomic mass is 9.81. The van der Waals surface area contributed by atoms with E-state index in [4.69, 9.17) is 0 Å². The molecular weight excluding hydrogens is 287 g/mol. The quantitative estimate of drug-likeness (QED) is 0.810. The Bertz CT molecular complexity index is 584. The first-order valence-electron chi connectivity index (χ1n) is 6.82. The number of anilines is 1. The van der Waals surface area contributed by atoms with Crippen LogP contribution in [0.3, 0.4) is 0 Å². The normalized spacial score (nSPS) is 26.4. The lowest BCUT2D eigenvalue weighted by molar-refractivity contribution is -0.140. The summed E-state index contributed by atoms with van der Waals surface area (Å²) in [4.78, 5) is 25.4. The van der Waals surface area contributed by atoms with E-state index in [9.17, 15) is 22.8 Å². The van der Waals surface area contributed by atoms with E-state index < -0.39 is 41.2 Å². The Morgan fingerprint density at radius 1 is 1.14 bits per heavy atom. The van der Waals surface area contributed by atoms with Gasteiger partial charge in [0.25, 0.3) is 0 Å². The van der Waals surface area contributed by atoms with Crippen molar-refractivity contribution >= 4 is 17.5 Å². The second-order valence-corrected chi connectivity index (χ2v) is 5.55. The van der Waals surface area contributed by atoms with Gasteiger partial charge in [0, 0.05) is 0 Å². The Morgan fingerprint density at radius 2 is 1.67 bits per heavy atom. The molecule has 3 rings (SSSR count). The molecule has 1 saturated heterocycles. The zero-order chi connectivity index (χ0) is 15.4. The molecule has 2 fully saturated rings. The minimum absolute atomic E-state index is 0.0719. The van der Waals surface area contributed by atoms with Gasteiger partial charge in [-0.1, -0.05) is 12.8 Å². The van der Waals surface area contributed by atoms with E-state index >= 15 is 0 Å². The standard InChI is InChI=1S/C13H14F3N3O2/c1-6-9(10(18-17-6)13(14,15)16)19-11(20)7-4-2-3-5-8(7)12(19)21/h7-8H,2-5H2,1H3,(H,17,18)/t7-,8-/m1/s1. The molecule has 114 valence electrons. The zero-order valence-electron chi connectivity index (χ0n) is 11.3. The molecule has 8 heteroatoms. The number of fused-ring (bicyclic) bond motifs is 1. The molecule has 2 atom stereocenters. The van der Waals surface area contributed by atoms with E-state index in [1.165, 1.54) is 6.92 Å². The van der Waals surface area contributed by atoms with Gasteiger partial charge in [-0.05, 0) is 19.8 Å². The number of hydrogen-bond donors (Lipinski definition) is 1. The van der Waals surface area contributed by atoms with Gasteiger partial charge in [-0.15, -0.1) is 0 Å². The Hall–Kier alpha value is -1.86. The fourth-order valence-electron chi connectivity index (χ4n) is 3.28. The van der Waals surface area contributed by atoms with Crippen LogP contribution in [0.4, 0.5) is 18.9 Å². The number of aromatic amines is 1. The fourth-order valence-corrected chi connectivity index (χ4v) is 3.28. The monoisotopic (exact) mass is 301 g/mol. The summed E-state index contributed by atoms with van der Waals surface area (Å²) in [6.07, 6.45) is -1.95. The van der Waals surface area contributed by atoms with Crippen molar-refractivity contribution in [2.24, 2.45) is 11.8 Å². The number of amides is 2. The molecule has 2 heterocycles. The van der Waals surface area contributed by atoms with Crippen LogP contribution in [0, 0.1) is 18.8 Å². The summed E-state index contributed by atoms with van der Waals surface area (Å²) in [5, 5.41) is 5.45. The lowest BCUT2D eigenvalue weighted by Gasteiger charge is -2.19. The van der Waals surface area contributed by atoms with Crippen LogP contribution in [-0.2, 0) is 15.8 Å². The van der Waals surface area contributed by atoms with Gasteiger partial charge >= 0.3 is 6.18 Å². The number of halogens is 3. The summed E-state index contributed by atoms with van der Waals surface area (Å²) in [5.74, 6) is -2.03. The van der Waals surface area contributed by atoms with Gasteiger partial charge in [0.1, 0.15) is 5.69 Å². The number of carbonyl (C=O) groups excluding carboxylic acids is 2. The van der Waals surface area contributed by atoms with Gasteiger partial charge < -0.3 is 0 Å². The second-order valence-electron chi connectivity index (χ2n) is 5.55. The van der Waals surface area contributed by atoms with Crippen LogP contribution in [-0.4, -0.2) is 22.0 Å². The molecule has 21 heavy (non-hydrogen) atoms. The average molecular weight is 301 g/mol. The van der Waals surface area contributed by atoms with Crippen molar-refractivity contribution in [3.63, 3.8) is 0 Å². The van der Waals surface area contributed by atoms with Crippen molar-refractivity contribution in [2.75, 3.05) is 4.90 Å². The van der Waals surface area contributed by atoms with Gasteiger partial charge in [0.2, 0.25) is 11.8 Å². The largest absolute Gasteiger partial charge is 0.437 e. The highest BCUT2D eigenvalue weighted by molar-refractivity contribution is 6.22. The Labute approximate surface area is 118 Å². The third-order valence-electron chi connectivity index (χ3n) is 4.25. The molecule has 1 aliphatic heterocycles. The number of nitrogens with one attached hydrogen (secondary N) is 1. The molecule has 2 amide bonds. The van der Waals surface area contributed by atoms with Crippen LogP contribution < -0.4 is 4.90 Å². The first-order chi connectivity index (χ1) is 9.82. The highest BCUT2D eigenvalue weighted by Gasteiger charge is 2.52. The third kappa shape index (κ3) is 2.04. The van der Waals surface area contributed by atoms with Crippen LogP contribution in [0.25, 0.3) is 0 Å². The molecule has 0 spiro atoms. The van der Waals surface area contributed by atoms with Gasteiger partial charge in [-0.25, -0.2) is 4.90 Å². The van der Waals surface area contributed by atoms with Crippen molar-refractivity contribution in [1.29, 1.82) is 0 Å². The number of aryl methyl sites for hydroxylation is 1. The molecule has 0 unspecified atom stereocenters. The zero-order valence-corrected chi connectivity index (χ0v) is 11.3. The van der Waals surface area contributed by atoms with Crippen molar-refractivity contribution in [1.82, 2.24) is 10.2 Å². The fraction of sp³-hybridized carbons (Fsp3) is 0.615. The minimum atomic E-state index is -4.71. The van der Waals surface area contributed by atoms with E-state index in [1.807, 2.05) is 0 Å². The lowest BCUT2D eigenvalue weighted by Crippen LogP contribution is -2.33. The summed E-state index contributed by atoms with van der Waals surface area (Å²) in [6.45, 7) is 1.38. The number of alkyl halides is 3. The molecule has 2 aliphatic rings. The smallest absolute Gasteiger partial charge is 0.280 e. The summed E-state index contributed by atoms with van der Waals surface area (Å²) in [7, 11) is 0. The molecule has 1 saturated carbocycles. The summed E-state index contributed by atoms with van der Waals surface area (Å²) in [6, 6.07) is 0. The predicted octanol–water partition coefficient (Wildman–Crippen LogP) is 2.42. The molecule has 0 aromatic carbocycles. The average Bonchev–Trinajstić information content (AvgIpc) is 2.90. The SMILES string of the molecule is Cc1[nH]nc(C(F)(F)F)c1N1C(=O)[C@@H]2CCCC[C@H]2C1=O. The van der Waals surface area contributed by atoms with Crippen LogP contribution in [0.2, 0.25) is 0 Å². The van der Waals surface area contributed by atoms with Crippen molar-refractivity contribution < 1.29 is 22.8 Å². The van der Waals surface area contributed by atoms with Gasteiger partial charge in [0.15, 0.2) is 5.69 Å². The van der Waals surface area contributed by atoms with E-state index in [2.05, 4.69) is 10.2 Å². The highest BCUT2D eigenvalue weighted by atomic mass is 19.4. The molecule has 5 nitrogen and oxygen atoms in total. The number of rotatable bonds is 1. The van der Waals surface area contributed by atoms with Crippen molar-refractivity contribution in [3.05, 3.63) is 11.4 Å². The maximum absolute atomic E-state index is 13.0. The molecule has 1 N–H and O–H groups in total. The number of imide groups is 1. The minimum Gasteiger partial charge on any atom is -0.280 e. The first-order valence-corrected chi connectivity index (χ1v) is 6.82. The summed E-state index contributed by atoms with van der Waals surface area (Å²) >= 11 is 0. The second kappa shape index (κ2) is 4.57. The molecule has 1 aliphatic carbocycles. The predicted molar refractivity (Wildman–Crippen MR) is 66.3 cm³/mol. The van der Waals surface area contributed by atoms with Gasteiger partial charge in [-0.3, -0.25) is 14.7 Å².